The van der Waals surface area contributed by atoms with E-state index >= 15 is 0 Å². The predicted octanol–water partition coefficient (Wildman–Crippen LogP) is 13.2. The third kappa shape index (κ3) is 4.40. The first-order chi connectivity index (χ1) is 24.3. The highest BCUT2D eigenvalue weighted by atomic mass is 15.0. The van der Waals surface area contributed by atoms with Crippen molar-refractivity contribution in [1.29, 1.82) is 0 Å². The predicted molar refractivity (Wildman–Crippen MR) is 209 cm³/mol. The van der Waals surface area contributed by atoms with Crippen LogP contribution < -0.4 is 0 Å². The molecule has 0 spiro atoms. The largest absolute Gasteiger partial charge is 0.308 e. The molecule has 1 heterocycles. The summed E-state index contributed by atoms with van der Waals surface area (Å²) in [6.07, 6.45) is 0. The number of benzene rings is 9. The number of rotatable bonds is 5. The Bertz CT molecular complexity index is 2700. The third-order valence-electron chi connectivity index (χ3n) is 10.1. The molecule has 49 heavy (non-hydrogen) atoms. The molecule has 9 aromatic carbocycles. The van der Waals surface area contributed by atoms with E-state index < -0.39 is 0 Å². The Morgan fingerprint density at radius 2 is 0.816 bits per heavy atom. The van der Waals surface area contributed by atoms with Crippen molar-refractivity contribution in [2.24, 2.45) is 0 Å². The highest BCUT2D eigenvalue weighted by molar-refractivity contribution is 6.30. The Morgan fingerprint density at radius 3 is 1.41 bits per heavy atom. The van der Waals surface area contributed by atoms with Gasteiger partial charge in [0.1, 0.15) is 0 Å². The maximum atomic E-state index is 2.55. The van der Waals surface area contributed by atoms with Gasteiger partial charge >= 0.3 is 0 Å². The zero-order valence-corrected chi connectivity index (χ0v) is 26.8. The van der Waals surface area contributed by atoms with Gasteiger partial charge in [0.05, 0.1) is 11.2 Å². The van der Waals surface area contributed by atoms with Gasteiger partial charge in [-0.1, -0.05) is 164 Å². The Kier molecular flexibility index (Phi) is 6.25. The standard InChI is InChI=1S/C48H31N/c1-5-14-32(15-6-1)39-28-40(33-16-7-2-8-17-33)30-41(29-39)49-47(37-20-11-4-12-21-37)46(34-18-9-3-10-19-34)43-31-38-25-24-35-22-13-23-36-26-27-42(48(43)49)45(38)44(35)36/h1-31H. The van der Waals surface area contributed by atoms with Crippen LogP contribution in [0.3, 0.4) is 0 Å². The summed E-state index contributed by atoms with van der Waals surface area (Å²) in [6.45, 7) is 0. The molecule has 10 rings (SSSR count). The van der Waals surface area contributed by atoms with E-state index in [4.69, 9.17) is 0 Å². The van der Waals surface area contributed by atoms with Gasteiger partial charge in [-0.25, -0.2) is 0 Å². The van der Waals surface area contributed by atoms with Gasteiger partial charge in [0, 0.05) is 22.0 Å². The minimum absolute atomic E-state index is 1.14. The lowest BCUT2D eigenvalue weighted by Gasteiger charge is -2.18. The van der Waals surface area contributed by atoms with Crippen LogP contribution in [-0.2, 0) is 0 Å². The van der Waals surface area contributed by atoms with Crippen LogP contribution in [0, 0.1) is 0 Å². The van der Waals surface area contributed by atoms with Crippen LogP contribution in [0.1, 0.15) is 0 Å². The first kappa shape index (κ1) is 27.7. The number of fused-ring (bicyclic) bond motifs is 2. The Balaban J connectivity index is 1.43. The monoisotopic (exact) mass is 621 g/mol. The van der Waals surface area contributed by atoms with Crippen molar-refractivity contribution in [2.75, 3.05) is 0 Å². The van der Waals surface area contributed by atoms with Crippen LogP contribution >= 0.6 is 0 Å². The fourth-order valence-corrected chi connectivity index (χ4v) is 7.94. The van der Waals surface area contributed by atoms with Crippen molar-refractivity contribution < 1.29 is 0 Å². The maximum absolute atomic E-state index is 2.55. The van der Waals surface area contributed by atoms with Gasteiger partial charge in [-0.05, 0) is 84.6 Å². The molecule has 228 valence electrons. The number of aromatic nitrogens is 1. The van der Waals surface area contributed by atoms with E-state index in [0.717, 1.165) is 5.69 Å². The van der Waals surface area contributed by atoms with E-state index in [1.807, 2.05) is 0 Å². The second-order valence-corrected chi connectivity index (χ2v) is 12.9. The molecule has 0 atom stereocenters. The normalized spacial score (nSPS) is 11.7. The summed E-state index contributed by atoms with van der Waals surface area (Å²) in [6, 6.07) is 68.8. The summed E-state index contributed by atoms with van der Waals surface area (Å²) >= 11 is 0. The van der Waals surface area contributed by atoms with Gasteiger partial charge < -0.3 is 4.57 Å². The van der Waals surface area contributed by atoms with Crippen LogP contribution in [0.4, 0.5) is 0 Å². The first-order valence-corrected chi connectivity index (χ1v) is 16.9. The van der Waals surface area contributed by atoms with E-state index in [9.17, 15) is 0 Å². The highest BCUT2D eigenvalue weighted by Gasteiger charge is 2.25. The molecule has 1 aromatic heterocycles. The molecule has 0 radical (unpaired) electrons. The van der Waals surface area contributed by atoms with Gasteiger partial charge in [0.15, 0.2) is 0 Å². The average Bonchev–Trinajstić information content (AvgIpc) is 3.53. The molecule has 0 saturated heterocycles. The lowest BCUT2D eigenvalue weighted by molar-refractivity contribution is 1.14. The van der Waals surface area contributed by atoms with Crippen LogP contribution in [-0.4, -0.2) is 4.57 Å². The van der Waals surface area contributed by atoms with Gasteiger partial charge in [-0.3, -0.25) is 0 Å². The van der Waals surface area contributed by atoms with E-state index in [1.165, 1.54) is 87.9 Å². The quantitative estimate of drug-likeness (QED) is 0.169. The molecule has 1 heteroatoms. The Morgan fingerprint density at radius 1 is 0.306 bits per heavy atom. The molecule has 0 bridgehead atoms. The van der Waals surface area contributed by atoms with Crippen LogP contribution in [0.2, 0.25) is 0 Å². The van der Waals surface area contributed by atoms with Gasteiger partial charge in [-0.2, -0.15) is 0 Å². The minimum Gasteiger partial charge on any atom is -0.308 e. The molecular weight excluding hydrogens is 591 g/mol. The van der Waals surface area contributed by atoms with E-state index in [1.54, 1.807) is 0 Å². The minimum atomic E-state index is 1.14. The van der Waals surface area contributed by atoms with Gasteiger partial charge in [0.2, 0.25) is 0 Å². The molecule has 0 saturated carbocycles. The lowest BCUT2D eigenvalue weighted by atomic mass is 9.91. The summed E-state index contributed by atoms with van der Waals surface area (Å²) in [7, 11) is 0. The molecule has 0 N–H and O–H groups in total. The molecule has 0 aliphatic heterocycles. The summed E-state index contributed by atoms with van der Waals surface area (Å²) in [5.41, 5.74) is 12.0. The van der Waals surface area contributed by atoms with Gasteiger partial charge in [-0.15, -0.1) is 0 Å². The molecule has 0 fully saturated rings. The molecule has 0 aliphatic rings. The van der Waals surface area contributed by atoms with Gasteiger partial charge in [0.25, 0.3) is 0 Å². The molecule has 10 aromatic rings. The van der Waals surface area contributed by atoms with Crippen LogP contribution in [0.25, 0.3) is 93.5 Å². The topological polar surface area (TPSA) is 4.93 Å². The Hall–Kier alpha value is -6.44. The second kappa shape index (κ2) is 11.1. The van der Waals surface area contributed by atoms with E-state index in [0.29, 0.717) is 0 Å². The highest BCUT2D eigenvalue weighted by Crippen LogP contribution is 2.48. The molecule has 1 nitrogen and oxygen atoms in total. The van der Waals surface area contributed by atoms with Crippen molar-refractivity contribution in [3.8, 4) is 50.3 Å². The fourth-order valence-electron chi connectivity index (χ4n) is 7.94. The number of hydrogen-bond donors (Lipinski definition) is 0. The average molecular weight is 622 g/mol. The molecule has 0 unspecified atom stereocenters. The molecule has 0 amide bonds. The fraction of sp³-hybridized carbons (Fsp3) is 0. The number of nitrogens with zero attached hydrogens (tertiary/aromatic N) is 1. The van der Waals surface area contributed by atoms with Crippen LogP contribution in [0.5, 0.6) is 0 Å². The third-order valence-corrected chi connectivity index (χ3v) is 10.1. The van der Waals surface area contributed by atoms with Crippen molar-refractivity contribution in [2.45, 2.75) is 0 Å². The number of hydrogen-bond acceptors (Lipinski definition) is 0. The smallest absolute Gasteiger partial charge is 0.0620 e. The molecule has 0 aliphatic carbocycles. The van der Waals surface area contributed by atoms with Crippen molar-refractivity contribution in [3.63, 3.8) is 0 Å². The summed E-state index contributed by atoms with van der Waals surface area (Å²) in [5, 5.41) is 8.99. The van der Waals surface area contributed by atoms with E-state index in [-0.39, 0.29) is 0 Å². The zero-order chi connectivity index (χ0) is 32.3. The summed E-state index contributed by atoms with van der Waals surface area (Å²) < 4.78 is 2.55. The van der Waals surface area contributed by atoms with Crippen molar-refractivity contribution in [3.05, 3.63) is 188 Å². The zero-order valence-electron chi connectivity index (χ0n) is 26.8. The second-order valence-electron chi connectivity index (χ2n) is 12.9. The van der Waals surface area contributed by atoms with E-state index in [2.05, 4.69) is 193 Å². The van der Waals surface area contributed by atoms with Crippen molar-refractivity contribution in [1.82, 2.24) is 4.57 Å². The summed E-state index contributed by atoms with van der Waals surface area (Å²) in [4.78, 5) is 0. The van der Waals surface area contributed by atoms with Crippen molar-refractivity contribution >= 4 is 43.2 Å². The lowest BCUT2D eigenvalue weighted by Crippen LogP contribution is -2.00. The molecular formula is C48H31N. The SMILES string of the molecule is c1ccc(-c2cc(-c3ccccc3)cc(-n3c(-c4ccccc4)c(-c4ccccc4)c4cc5ccc6cccc7ccc(c5c67)c43)c2)cc1. The first-order valence-electron chi connectivity index (χ1n) is 16.9. The maximum Gasteiger partial charge on any atom is 0.0620 e. The summed E-state index contributed by atoms with van der Waals surface area (Å²) in [5.74, 6) is 0. The van der Waals surface area contributed by atoms with Crippen LogP contribution in [0.15, 0.2) is 188 Å². The Labute approximate surface area is 285 Å².